The van der Waals surface area contributed by atoms with Crippen molar-refractivity contribution in [2.75, 3.05) is 0 Å². The Morgan fingerprint density at radius 2 is 1.93 bits per heavy atom. The minimum absolute atomic E-state index is 0.0628. The van der Waals surface area contributed by atoms with Crippen LogP contribution in [-0.2, 0) is 17.8 Å². The summed E-state index contributed by atoms with van der Waals surface area (Å²) in [5.74, 6) is 0.0628. The van der Waals surface area contributed by atoms with Crippen LogP contribution in [0.4, 0.5) is 0 Å². The molecule has 2 heterocycles. The average Bonchev–Trinajstić information content (AvgIpc) is 3.12. The fourth-order valence-corrected chi connectivity index (χ4v) is 3.80. The average molecular weight is 418 g/mol. The van der Waals surface area contributed by atoms with Crippen LogP contribution >= 0.6 is 11.6 Å². The van der Waals surface area contributed by atoms with Crippen molar-refractivity contribution < 1.29 is 4.79 Å². The quantitative estimate of drug-likeness (QED) is 0.397. The van der Waals surface area contributed by atoms with Gasteiger partial charge in [0.15, 0.2) is 0 Å². The maximum absolute atomic E-state index is 12.3. The molecule has 2 aromatic carbocycles. The van der Waals surface area contributed by atoms with Gasteiger partial charge in [0.05, 0.1) is 11.4 Å². The van der Waals surface area contributed by atoms with Crippen LogP contribution in [0.2, 0.25) is 5.02 Å². The van der Waals surface area contributed by atoms with Crippen LogP contribution in [-0.4, -0.2) is 15.9 Å². The Bertz CT molecular complexity index is 1150. The van der Waals surface area contributed by atoms with Crippen molar-refractivity contribution in [1.29, 1.82) is 0 Å². The Morgan fingerprint density at radius 3 is 2.70 bits per heavy atom. The molecule has 0 atom stereocenters. The standard InChI is InChI=1S/C25H24ClN3O/c1-17-8-10-18(11-9-17)16-28-24(30)7-4-5-20-21-15-19(26)12-13-22(21)29-25(20)23-6-2-3-14-27-23/h2-3,6,8-15,29H,4-5,7,16H2,1H3,(H,28,30). The zero-order valence-electron chi connectivity index (χ0n) is 16.9. The Kier molecular flexibility index (Phi) is 6.15. The van der Waals surface area contributed by atoms with E-state index in [1.807, 2.05) is 48.5 Å². The van der Waals surface area contributed by atoms with Gasteiger partial charge >= 0.3 is 0 Å². The molecule has 0 aliphatic carbocycles. The molecule has 5 heteroatoms. The number of halogens is 1. The molecule has 0 radical (unpaired) electrons. The number of pyridine rings is 1. The molecule has 0 fully saturated rings. The van der Waals surface area contributed by atoms with Crippen LogP contribution in [0, 0.1) is 6.92 Å². The van der Waals surface area contributed by atoms with Crippen molar-refractivity contribution in [2.45, 2.75) is 32.7 Å². The van der Waals surface area contributed by atoms with Gasteiger partial charge in [-0.1, -0.05) is 47.5 Å². The smallest absolute Gasteiger partial charge is 0.220 e. The number of hydrogen-bond donors (Lipinski definition) is 2. The lowest BCUT2D eigenvalue weighted by molar-refractivity contribution is -0.121. The topological polar surface area (TPSA) is 57.8 Å². The van der Waals surface area contributed by atoms with Crippen LogP contribution in [0.5, 0.6) is 0 Å². The first-order valence-electron chi connectivity index (χ1n) is 10.1. The fourth-order valence-electron chi connectivity index (χ4n) is 3.63. The second-order valence-corrected chi connectivity index (χ2v) is 7.94. The number of H-pyrrole nitrogens is 1. The Labute approximate surface area is 181 Å². The van der Waals surface area contributed by atoms with E-state index in [1.54, 1.807) is 6.20 Å². The molecule has 0 spiro atoms. The van der Waals surface area contributed by atoms with Crippen LogP contribution < -0.4 is 5.32 Å². The van der Waals surface area contributed by atoms with Crippen LogP contribution in [0.15, 0.2) is 66.9 Å². The summed E-state index contributed by atoms with van der Waals surface area (Å²) < 4.78 is 0. The molecule has 1 amide bonds. The molecule has 0 saturated carbocycles. The van der Waals surface area contributed by atoms with E-state index in [0.717, 1.165) is 46.3 Å². The SMILES string of the molecule is Cc1ccc(CNC(=O)CCCc2c(-c3ccccn3)[nH]c3ccc(Cl)cc23)cc1. The van der Waals surface area contributed by atoms with E-state index in [9.17, 15) is 4.79 Å². The van der Waals surface area contributed by atoms with Crippen LogP contribution in [0.25, 0.3) is 22.3 Å². The van der Waals surface area contributed by atoms with Gasteiger partial charge in [-0.05, 0) is 61.2 Å². The summed E-state index contributed by atoms with van der Waals surface area (Å²) >= 11 is 6.25. The third-order valence-corrected chi connectivity index (χ3v) is 5.47. The first kappa shape index (κ1) is 20.2. The van der Waals surface area contributed by atoms with E-state index in [2.05, 4.69) is 34.3 Å². The molecule has 0 saturated heterocycles. The summed E-state index contributed by atoms with van der Waals surface area (Å²) in [5.41, 5.74) is 6.39. The number of carbonyl (C=O) groups is 1. The van der Waals surface area contributed by atoms with Gasteiger partial charge in [-0.15, -0.1) is 0 Å². The number of fused-ring (bicyclic) bond motifs is 1. The molecule has 2 N–H and O–H groups in total. The van der Waals surface area contributed by atoms with Gasteiger partial charge in [-0.3, -0.25) is 9.78 Å². The van der Waals surface area contributed by atoms with Gasteiger partial charge < -0.3 is 10.3 Å². The lowest BCUT2D eigenvalue weighted by Gasteiger charge is -2.07. The number of carbonyl (C=O) groups excluding carboxylic acids is 1. The monoisotopic (exact) mass is 417 g/mol. The second kappa shape index (κ2) is 9.14. The number of amides is 1. The second-order valence-electron chi connectivity index (χ2n) is 7.50. The first-order chi connectivity index (χ1) is 14.6. The highest BCUT2D eigenvalue weighted by atomic mass is 35.5. The zero-order chi connectivity index (χ0) is 20.9. The summed E-state index contributed by atoms with van der Waals surface area (Å²) in [5, 5.41) is 4.80. The van der Waals surface area contributed by atoms with Gasteiger partial charge in [0.2, 0.25) is 5.91 Å². The van der Waals surface area contributed by atoms with E-state index in [-0.39, 0.29) is 5.91 Å². The molecule has 0 unspecified atom stereocenters. The van der Waals surface area contributed by atoms with E-state index in [0.29, 0.717) is 18.0 Å². The summed E-state index contributed by atoms with van der Waals surface area (Å²) in [6, 6.07) is 19.9. The van der Waals surface area contributed by atoms with E-state index in [4.69, 9.17) is 11.6 Å². The summed E-state index contributed by atoms with van der Waals surface area (Å²) in [7, 11) is 0. The van der Waals surface area contributed by atoms with Crippen LogP contribution in [0.3, 0.4) is 0 Å². The van der Waals surface area contributed by atoms with Gasteiger partial charge in [0.1, 0.15) is 0 Å². The van der Waals surface area contributed by atoms with Crippen molar-refractivity contribution in [2.24, 2.45) is 0 Å². The highest BCUT2D eigenvalue weighted by Gasteiger charge is 2.15. The van der Waals surface area contributed by atoms with Gasteiger partial charge in [0.25, 0.3) is 0 Å². The summed E-state index contributed by atoms with van der Waals surface area (Å²) in [4.78, 5) is 20.3. The van der Waals surface area contributed by atoms with E-state index in [1.165, 1.54) is 5.56 Å². The highest BCUT2D eigenvalue weighted by Crippen LogP contribution is 2.32. The molecule has 4 nitrogen and oxygen atoms in total. The Hall–Kier alpha value is -3.11. The number of aryl methyl sites for hydroxylation is 2. The molecule has 4 rings (SSSR count). The van der Waals surface area contributed by atoms with Gasteiger partial charge in [-0.25, -0.2) is 0 Å². The molecule has 0 aliphatic rings. The number of nitrogens with one attached hydrogen (secondary N) is 2. The number of aromatic amines is 1. The van der Waals surface area contributed by atoms with Crippen LogP contribution in [0.1, 0.15) is 29.5 Å². The van der Waals surface area contributed by atoms with Crippen molar-refractivity contribution in [3.8, 4) is 11.4 Å². The van der Waals surface area contributed by atoms with E-state index >= 15 is 0 Å². The van der Waals surface area contributed by atoms with E-state index < -0.39 is 0 Å². The third-order valence-electron chi connectivity index (χ3n) is 5.23. The molecule has 2 aromatic heterocycles. The largest absolute Gasteiger partial charge is 0.353 e. The van der Waals surface area contributed by atoms with Crippen molar-refractivity contribution in [3.05, 3.63) is 88.6 Å². The van der Waals surface area contributed by atoms with Gasteiger partial charge in [0, 0.05) is 35.1 Å². The Morgan fingerprint density at radius 1 is 1.10 bits per heavy atom. The van der Waals surface area contributed by atoms with Crippen molar-refractivity contribution in [3.63, 3.8) is 0 Å². The third kappa shape index (κ3) is 4.71. The predicted molar refractivity (Wildman–Crippen MR) is 123 cm³/mol. The fraction of sp³-hybridized carbons (Fsp3) is 0.200. The van der Waals surface area contributed by atoms with Crippen molar-refractivity contribution in [1.82, 2.24) is 15.3 Å². The summed E-state index contributed by atoms with van der Waals surface area (Å²) in [6.07, 6.45) is 3.78. The molecule has 30 heavy (non-hydrogen) atoms. The number of benzene rings is 2. The highest BCUT2D eigenvalue weighted by molar-refractivity contribution is 6.31. The number of rotatable bonds is 7. The molecular weight excluding hydrogens is 394 g/mol. The minimum Gasteiger partial charge on any atom is -0.353 e. The molecule has 0 aliphatic heterocycles. The Balaban J connectivity index is 1.44. The van der Waals surface area contributed by atoms with Crippen molar-refractivity contribution >= 4 is 28.4 Å². The molecule has 152 valence electrons. The molecule has 0 bridgehead atoms. The maximum atomic E-state index is 12.3. The lowest BCUT2D eigenvalue weighted by Crippen LogP contribution is -2.22. The number of aromatic nitrogens is 2. The normalized spacial score (nSPS) is 11.0. The first-order valence-corrected chi connectivity index (χ1v) is 10.5. The predicted octanol–water partition coefficient (Wildman–Crippen LogP) is 5.83. The summed E-state index contributed by atoms with van der Waals surface area (Å²) in [6.45, 7) is 2.61. The minimum atomic E-state index is 0.0628. The number of nitrogens with zero attached hydrogens (tertiary/aromatic N) is 1. The number of hydrogen-bond acceptors (Lipinski definition) is 2. The maximum Gasteiger partial charge on any atom is 0.220 e. The molecule has 4 aromatic rings. The zero-order valence-corrected chi connectivity index (χ0v) is 17.7. The lowest BCUT2D eigenvalue weighted by atomic mass is 10.0. The van der Waals surface area contributed by atoms with Gasteiger partial charge in [-0.2, -0.15) is 0 Å². The molecular formula is C25H24ClN3O.